The number of Topliss-reactive ketones (excluding diaryl/α,β-unsaturated/α-hetero) is 2. The van der Waals surface area contributed by atoms with Crippen molar-refractivity contribution in [3.63, 3.8) is 0 Å². The van der Waals surface area contributed by atoms with Gasteiger partial charge in [0.1, 0.15) is 0 Å². The van der Waals surface area contributed by atoms with Crippen molar-refractivity contribution < 1.29 is 9.59 Å². The summed E-state index contributed by atoms with van der Waals surface area (Å²) in [5.41, 5.74) is 1.57. The van der Waals surface area contributed by atoms with E-state index in [0.717, 1.165) is 84.8 Å². The van der Waals surface area contributed by atoms with Gasteiger partial charge in [0.2, 0.25) is 0 Å². The molecule has 0 atom stereocenters. The molecule has 0 amide bonds. The zero-order valence-electron chi connectivity index (χ0n) is 21.4. The van der Waals surface area contributed by atoms with E-state index in [0.29, 0.717) is 12.8 Å². The largest absolute Gasteiger partial charge is 0.304 e. The third-order valence-corrected chi connectivity index (χ3v) is 7.03. The van der Waals surface area contributed by atoms with E-state index in [1.165, 1.54) is 0 Å². The molecule has 0 aromatic heterocycles. The lowest BCUT2D eigenvalue weighted by Gasteiger charge is -2.17. The molecule has 0 heterocycles. The second-order valence-corrected chi connectivity index (χ2v) is 9.01. The molecule has 3 aromatic carbocycles. The van der Waals surface area contributed by atoms with Crippen molar-refractivity contribution in [2.24, 2.45) is 0 Å². The third kappa shape index (κ3) is 6.31. The molecule has 0 N–H and O–H groups in total. The Labute approximate surface area is 204 Å². The fourth-order valence-electron chi connectivity index (χ4n) is 4.81. The number of carbonyl (C=O) groups is 2. The minimum atomic E-state index is 0.195. The highest BCUT2D eigenvalue weighted by Gasteiger charge is 2.15. The van der Waals surface area contributed by atoms with Crippen LogP contribution in [0.15, 0.2) is 48.5 Å². The summed E-state index contributed by atoms with van der Waals surface area (Å²) in [4.78, 5) is 30.9. The second-order valence-electron chi connectivity index (χ2n) is 9.01. The minimum Gasteiger partial charge on any atom is -0.304 e. The van der Waals surface area contributed by atoms with Gasteiger partial charge in [0.15, 0.2) is 11.6 Å². The van der Waals surface area contributed by atoms with Gasteiger partial charge in [0.05, 0.1) is 0 Å². The average Bonchev–Trinajstić information content (AvgIpc) is 2.87. The van der Waals surface area contributed by atoms with Crippen LogP contribution in [0.2, 0.25) is 0 Å². The van der Waals surface area contributed by atoms with Gasteiger partial charge in [-0.1, -0.05) is 64.1 Å². The molecule has 0 aliphatic heterocycles. The fraction of sp³-hybridized carbons (Fsp3) is 0.467. The van der Waals surface area contributed by atoms with E-state index in [-0.39, 0.29) is 11.6 Å². The SMILES string of the molecule is CCN(CC)CCCC(=O)c1cccc2cc3c(C(=O)CCCN(CC)CC)cccc3cc12. The summed E-state index contributed by atoms with van der Waals surface area (Å²) in [5.74, 6) is 0.390. The summed E-state index contributed by atoms with van der Waals surface area (Å²) in [6.45, 7) is 14.6. The first kappa shape index (κ1) is 26.1. The Morgan fingerprint density at radius 2 is 1.00 bits per heavy atom. The Balaban J connectivity index is 1.82. The predicted molar refractivity (Wildman–Crippen MR) is 144 cm³/mol. The Bertz CT molecular complexity index is 1020. The smallest absolute Gasteiger partial charge is 0.163 e. The van der Waals surface area contributed by atoms with Crippen LogP contribution in [0.4, 0.5) is 0 Å². The highest BCUT2D eigenvalue weighted by atomic mass is 16.1. The first-order chi connectivity index (χ1) is 16.5. The number of hydrogen-bond acceptors (Lipinski definition) is 4. The summed E-state index contributed by atoms with van der Waals surface area (Å²) in [5, 5.41) is 4.00. The summed E-state index contributed by atoms with van der Waals surface area (Å²) >= 11 is 0. The molecule has 4 heteroatoms. The van der Waals surface area contributed by atoms with Crippen molar-refractivity contribution in [2.75, 3.05) is 39.3 Å². The molecule has 0 spiro atoms. The number of fused-ring (bicyclic) bond motifs is 2. The molecule has 0 saturated carbocycles. The van der Waals surface area contributed by atoms with Crippen molar-refractivity contribution in [3.05, 3.63) is 59.7 Å². The van der Waals surface area contributed by atoms with Crippen molar-refractivity contribution in [1.82, 2.24) is 9.80 Å². The minimum absolute atomic E-state index is 0.195. The van der Waals surface area contributed by atoms with Gasteiger partial charge in [0.25, 0.3) is 0 Å². The average molecular weight is 461 g/mol. The van der Waals surface area contributed by atoms with Gasteiger partial charge < -0.3 is 9.80 Å². The zero-order valence-corrected chi connectivity index (χ0v) is 21.4. The molecule has 0 saturated heterocycles. The van der Waals surface area contributed by atoms with Crippen LogP contribution in [0.3, 0.4) is 0 Å². The first-order valence-electron chi connectivity index (χ1n) is 13.0. The lowest BCUT2D eigenvalue weighted by atomic mass is 9.93. The summed E-state index contributed by atoms with van der Waals surface area (Å²) in [7, 11) is 0. The van der Waals surface area contributed by atoms with Gasteiger partial charge in [-0.25, -0.2) is 0 Å². The molecule has 0 aliphatic rings. The molecule has 0 fully saturated rings. The Hall–Kier alpha value is -2.56. The highest BCUT2D eigenvalue weighted by Crippen LogP contribution is 2.29. The van der Waals surface area contributed by atoms with Gasteiger partial charge >= 0.3 is 0 Å². The van der Waals surface area contributed by atoms with Gasteiger partial charge in [0, 0.05) is 24.0 Å². The topological polar surface area (TPSA) is 40.6 Å². The molecule has 0 radical (unpaired) electrons. The molecule has 3 aromatic rings. The van der Waals surface area contributed by atoms with E-state index < -0.39 is 0 Å². The van der Waals surface area contributed by atoms with Crippen molar-refractivity contribution >= 4 is 33.1 Å². The maximum atomic E-state index is 13.1. The molecule has 0 aliphatic carbocycles. The lowest BCUT2D eigenvalue weighted by molar-refractivity contribution is 0.0969. The zero-order chi connectivity index (χ0) is 24.5. The third-order valence-electron chi connectivity index (χ3n) is 7.03. The molecule has 34 heavy (non-hydrogen) atoms. The van der Waals surface area contributed by atoms with Crippen LogP contribution < -0.4 is 0 Å². The van der Waals surface area contributed by atoms with Crippen LogP contribution >= 0.6 is 0 Å². The van der Waals surface area contributed by atoms with Gasteiger partial charge in [-0.3, -0.25) is 9.59 Å². The molecule has 4 nitrogen and oxygen atoms in total. The van der Waals surface area contributed by atoms with E-state index in [1.807, 2.05) is 36.4 Å². The van der Waals surface area contributed by atoms with Crippen LogP contribution in [0.5, 0.6) is 0 Å². The van der Waals surface area contributed by atoms with Gasteiger partial charge in [-0.05, 0) is 85.8 Å². The Morgan fingerprint density at radius 1 is 0.618 bits per heavy atom. The van der Waals surface area contributed by atoms with E-state index >= 15 is 0 Å². The van der Waals surface area contributed by atoms with E-state index in [4.69, 9.17) is 0 Å². The highest BCUT2D eigenvalue weighted by molar-refractivity contribution is 6.15. The first-order valence-corrected chi connectivity index (χ1v) is 13.0. The molecule has 3 rings (SSSR count). The normalized spacial score (nSPS) is 11.7. The molecule has 182 valence electrons. The summed E-state index contributed by atoms with van der Waals surface area (Å²) < 4.78 is 0. The molecular weight excluding hydrogens is 420 g/mol. The van der Waals surface area contributed by atoms with Crippen LogP contribution in [-0.2, 0) is 0 Å². The molecular formula is C30H40N2O2. The Morgan fingerprint density at radius 3 is 1.35 bits per heavy atom. The molecule has 0 unspecified atom stereocenters. The number of benzene rings is 3. The van der Waals surface area contributed by atoms with Crippen LogP contribution in [0.1, 0.15) is 74.1 Å². The van der Waals surface area contributed by atoms with Crippen LogP contribution in [-0.4, -0.2) is 60.6 Å². The standard InChI is InChI=1S/C30H40N2O2/c1-5-31(6-2)19-11-17-29(33)25-15-9-13-23-22-28-24(21-27(23)25)14-10-16-26(28)30(34)18-12-20-32(7-3)8-4/h9-10,13-16,21-22H,5-8,11-12,17-20H2,1-4H3. The van der Waals surface area contributed by atoms with Gasteiger partial charge in [-0.2, -0.15) is 0 Å². The number of nitrogens with zero attached hydrogens (tertiary/aromatic N) is 2. The summed E-state index contributed by atoms with van der Waals surface area (Å²) in [6, 6.07) is 16.1. The second kappa shape index (κ2) is 12.8. The maximum absolute atomic E-state index is 13.1. The Kier molecular flexibility index (Phi) is 9.79. The number of rotatable bonds is 14. The number of carbonyl (C=O) groups excluding carboxylic acids is 2. The van der Waals surface area contributed by atoms with Crippen molar-refractivity contribution in [2.45, 2.75) is 53.4 Å². The van der Waals surface area contributed by atoms with Gasteiger partial charge in [-0.15, -0.1) is 0 Å². The summed E-state index contributed by atoms with van der Waals surface area (Å²) in [6.07, 6.45) is 2.85. The predicted octanol–water partition coefficient (Wildman–Crippen LogP) is 6.60. The quantitative estimate of drug-likeness (QED) is 0.201. The number of hydrogen-bond donors (Lipinski definition) is 0. The molecule has 0 bridgehead atoms. The van der Waals surface area contributed by atoms with E-state index in [9.17, 15) is 9.59 Å². The van der Waals surface area contributed by atoms with Crippen molar-refractivity contribution in [3.8, 4) is 0 Å². The van der Waals surface area contributed by atoms with E-state index in [1.54, 1.807) is 0 Å². The lowest BCUT2D eigenvalue weighted by Crippen LogP contribution is -2.24. The maximum Gasteiger partial charge on any atom is 0.163 e. The van der Waals surface area contributed by atoms with Crippen LogP contribution in [0, 0.1) is 0 Å². The number of ketones is 2. The monoisotopic (exact) mass is 460 g/mol. The van der Waals surface area contributed by atoms with Crippen LogP contribution in [0.25, 0.3) is 21.5 Å². The fourth-order valence-corrected chi connectivity index (χ4v) is 4.81. The van der Waals surface area contributed by atoms with Crippen molar-refractivity contribution in [1.29, 1.82) is 0 Å². The van der Waals surface area contributed by atoms with E-state index in [2.05, 4.69) is 49.6 Å².